The lowest BCUT2D eigenvalue weighted by Gasteiger charge is -2.07. The monoisotopic (exact) mass is 338 g/mol. The molecule has 0 unspecified atom stereocenters. The van der Waals surface area contributed by atoms with Gasteiger partial charge in [-0.3, -0.25) is 0 Å². The van der Waals surface area contributed by atoms with Crippen molar-refractivity contribution in [2.24, 2.45) is 0 Å². The zero-order chi connectivity index (χ0) is 14.4. The number of nitrogens with zero attached hydrogens (tertiary/aromatic N) is 1. The van der Waals surface area contributed by atoms with E-state index in [-0.39, 0.29) is 5.82 Å². The SMILES string of the molecule is CCCNCc1cccc(Oc2ccc(Br)c(F)c2)n1. The molecule has 0 atom stereocenters. The molecule has 1 N–H and O–H groups in total. The van der Waals surface area contributed by atoms with Crippen LogP contribution in [0, 0.1) is 5.82 Å². The van der Waals surface area contributed by atoms with Crippen molar-refractivity contribution in [1.82, 2.24) is 10.3 Å². The lowest BCUT2D eigenvalue weighted by Crippen LogP contribution is -2.14. The van der Waals surface area contributed by atoms with Gasteiger partial charge >= 0.3 is 0 Å². The molecule has 5 heteroatoms. The third kappa shape index (κ3) is 4.28. The van der Waals surface area contributed by atoms with Gasteiger partial charge in [-0.15, -0.1) is 0 Å². The van der Waals surface area contributed by atoms with Crippen molar-refractivity contribution in [2.45, 2.75) is 19.9 Å². The summed E-state index contributed by atoms with van der Waals surface area (Å²) in [6, 6.07) is 10.2. The molecular weight excluding hydrogens is 323 g/mol. The van der Waals surface area contributed by atoms with Crippen LogP contribution in [0.4, 0.5) is 4.39 Å². The quantitative estimate of drug-likeness (QED) is 0.798. The van der Waals surface area contributed by atoms with Crippen molar-refractivity contribution in [3.63, 3.8) is 0 Å². The van der Waals surface area contributed by atoms with Gasteiger partial charge in [0.1, 0.15) is 11.6 Å². The molecule has 0 amide bonds. The summed E-state index contributed by atoms with van der Waals surface area (Å²) in [6.45, 7) is 3.76. The van der Waals surface area contributed by atoms with E-state index in [0.29, 0.717) is 22.6 Å². The first-order valence-corrected chi connectivity index (χ1v) is 7.28. The molecule has 2 aromatic rings. The fraction of sp³-hybridized carbons (Fsp3) is 0.267. The molecule has 0 aliphatic rings. The van der Waals surface area contributed by atoms with Gasteiger partial charge in [0.2, 0.25) is 5.88 Å². The summed E-state index contributed by atoms with van der Waals surface area (Å²) >= 11 is 3.11. The van der Waals surface area contributed by atoms with Crippen molar-refractivity contribution < 1.29 is 9.13 Å². The second kappa shape index (κ2) is 7.36. The van der Waals surface area contributed by atoms with E-state index in [2.05, 4.69) is 33.2 Å². The van der Waals surface area contributed by atoms with E-state index in [1.807, 2.05) is 12.1 Å². The first kappa shape index (κ1) is 14.9. The molecule has 20 heavy (non-hydrogen) atoms. The third-order valence-corrected chi connectivity index (χ3v) is 3.27. The first-order valence-electron chi connectivity index (χ1n) is 6.48. The normalized spacial score (nSPS) is 10.6. The number of benzene rings is 1. The summed E-state index contributed by atoms with van der Waals surface area (Å²) < 4.78 is 19.4. The molecule has 0 fully saturated rings. The van der Waals surface area contributed by atoms with E-state index in [1.165, 1.54) is 6.07 Å². The maximum atomic E-state index is 13.4. The molecule has 0 aliphatic heterocycles. The van der Waals surface area contributed by atoms with E-state index in [1.54, 1.807) is 18.2 Å². The number of hydrogen-bond donors (Lipinski definition) is 1. The van der Waals surface area contributed by atoms with Gasteiger partial charge in [0.05, 0.1) is 10.2 Å². The van der Waals surface area contributed by atoms with E-state index < -0.39 is 0 Å². The van der Waals surface area contributed by atoms with Crippen molar-refractivity contribution in [2.75, 3.05) is 6.54 Å². The topological polar surface area (TPSA) is 34.1 Å². The number of aromatic nitrogens is 1. The minimum atomic E-state index is -0.358. The second-order valence-corrected chi connectivity index (χ2v) is 5.18. The number of rotatable bonds is 6. The Morgan fingerprint density at radius 1 is 1.30 bits per heavy atom. The largest absolute Gasteiger partial charge is 0.439 e. The van der Waals surface area contributed by atoms with Crippen molar-refractivity contribution in [3.8, 4) is 11.6 Å². The molecule has 0 radical (unpaired) electrons. The Balaban J connectivity index is 2.05. The lowest BCUT2D eigenvalue weighted by atomic mass is 10.3. The van der Waals surface area contributed by atoms with Gasteiger partial charge in [-0.2, -0.15) is 0 Å². The molecule has 1 aromatic heterocycles. The van der Waals surface area contributed by atoms with E-state index in [9.17, 15) is 4.39 Å². The Labute approximate surface area is 126 Å². The number of halogens is 2. The van der Waals surface area contributed by atoms with Crippen molar-refractivity contribution >= 4 is 15.9 Å². The van der Waals surface area contributed by atoms with Crippen LogP contribution < -0.4 is 10.1 Å². The smallest absolute Gasteiger partial charge is 0.219 e. The van der Waals surface area contributed by atoms with Crippen LogP contribution in [0.15, 0.2) is 40.9 Å². The van der Waals surface area contributed by atoms with Gasteiger partial charge in [0, 0.05) is 18.7 Å². The maximum absolute atomic E-state index is 13.4. The Morgan fingerprint density at radius 3 is 2.90 bits per heavy atom. The minimum absolute atomic E-state index is 0.358. The third-order valence-electron chi connectivity index (χ3n) is 2.63. The standard InChI is InChI=1S/C15H16BrFN2O/c1-2-8-18-10-11-4-3-5-15(19-11)20-12-6-7-13(16)14(17)9-12/h3-7,9,18H,2,8,10H2,1H3. The van der Waals surface area contributed by atoms with Gasteiger partial charge in [-0.1, -0.05) is 13.0 Å². The Kier molecular flexibility index (Phi) is 5.49. The molecule has 0 aliphatic carbocycles. The first-order chi connectivity index (χ1) is 9.69. The van der Waals surface area contributed by atoms with E-state index in [4.69, 9.17) is 4.74 Å². The van der Waals surface area contributed by atoms with Crippen LogP contribution in [0.5, 0.6) is 11.6 Å². The number of hydrogen-bond acceptors (Lipinski definition) is 3. The van der Waals surface area contributed by atoms with Crippen LogP contribution in [0.2, 0.25) is 0 Å². The number of pyridine rings is 1. The highest BCUT2D eigenvalue weighted by Gasteiger charge is 2.04. The predicted octanol–water partition coefficient (Wildman–Crippen LogP) is 4.28. The van der Waals surface area contributed by atoms with Gasteiger partial charge in [-0.25, -0.2) is 9.37 Å². The van der Waals surface area contributed by atoms with Crippen LogP contribution >= 0.6 is 15.9 Å². The highest BCUT2D eigenvalue weighted by atomic mass is 79.9. The highest BCUT2D eigenvalue weighted by Crippen LogP contribution is 2.24. The zero-order valence-corrected chi connectivity index (χ0v) is 12.8. The molecule has 3 nitrogen and oxygen atoms in total. The van der Waals surface area contributed by atoms with Crippen molar-refractivity contribution in [1.29, 1.82) is 0 Å². The van der Waals surface area contributed by atoms with Gasteiger partial charge in [0.15, 0.2) is 0 Å². The highest BCUT2D eigenvalue weighted by molar-refractivity contribution is 9.10. The molecule has 1 heterocycles. The van der Waals surface area contributed by atoms with Gasteiger partial charge in [-0.05, 0) is 47.1 Å². The minimum Gasteiger partial charge on any atom is -0.439 e. The number of nitrogens with one attached hydrogen (secondary N) is 1. The Hall–Kier alpha value is -1.46. The average molecular weight is 339 g/mol. The zero-order valence-electron chi connectivity index (χ0n) is 11.2. The summed E-state index contributed by atoms with van der Waals surface area (Å²) in [5.74, 6) is 0.530. The summed E-state index contributed by atoms with van der Waals surface area (Å²) in [5.41, 5.74) is 0.897. The lowest BCUT2D eigenvalue weighted by molar-refractivity contribution is 0.454. The average Bonchev–Trinajstić information content (AvgIpc) is 2.44. The molecule has 106 valence electrons. The van der Waals surface area contributed by atoms with E-state index >= 15 is 0 Å². The fourth-order valence-electron chi connectivity index (χ4n) is 1.67. The summed E-state index contributed by atoms with van der Waals surface area (Å²) in [6.07, 6.45) is 1.08. The molecule has 0 spiro atoms. The summed E-state index contributed by atoms with van der Waals surface area (Å²) in [7, 11) is 0. The van der Waals surface area contributed by atoms with Crippen LogP contribution in [0.25, 0.3) is 0 Å². The fourth-order valence-corrected chi connectivity index (χ4v) is 1.91. The van der Waals surface area contributed by atoms with Crippen LogP contribution in [0.1, 0.15) is 19.0 Å². The predicted molar refractivity (Wildman–Crippen MR) is 80.4 cm³/mol. The molecule has 0 saturated heterocycles. The summed E-state index contributed by atoms with van der Waals surface area (Å²) in [4.78, 5) is 4.37. The van der Waals surface area contributed by atoms with Crippen LogP contribution in [-0.2, 0) is 6.54 Å². The van der Waals surface area contributed by atoms with Crippen molar-refractivity contribution in [3.05, 3.63) is 52.4 Å². The Bertz CT molecular complexity index is 578. The molecule has 0 saturated carbocycles. The molecule has 0 bridgehead atoms. The van der Waals surface area contributed by atoms with Gasteiger partial charge in [0.25, 0.3) is 0 Å². The molecular formula is C15H16BrFN2O. The maximum Gasteiger partial charge on any atom is 0.219 e. The van der Waals surface area contributed by atoms with Gasteiger partial charge < -0.3 is 10.1 Å². The number of ether oxygens (including phenoxy) is 1. The van der Waals surface area contributed by atoms with Crippen LogP contribution in [0.3, 0.4) is 0 Å². The Morgan fingerprint density at radius 2 is 2.15 bits per heavy atom. The molecule has 1 aromatic carbocycles. The molecule has 2 rings (SSSR count). The second-order valence-electron chi connectivity index (χ2n) is 4.32. The van der Waals surface area contributed by atoms with E-state index in [0.717, 1.165) is 18.7 Å². The van der Waals surface area contributed by atoms with Crippen LogP contribution in [-0.4, -0.2) is 11.5 Å². The summed E-state index contributed by atoms with van der Waals surface area (Å²) in [5, 5.41) is 3.27.